The van der Waals surface area contributed by atoms with Crippen molar-refractivity contribution in [3.8, 4) is 0 Å². The predicted octanol–water partition coefficient (Wildman–Crippen LogP) is 1.04. The number of esters is 2. The maximum Gasteiger partial charge on any atom is 0.338 e. The molecule has 0 bridgehead atoms. The summed E-state index contributed by atoms with van der Waals surface area (Å²) in [6.45, 7) is 3.88. The van der Waals surface area contributed by atoms with Crippen LogP contribution >= 0.6 is 0 Å². The van der Waals surface area contributed by atoms with E-state index in [0.717, 1.165) is 5.57 Å². The van der Waals surface area contributed by atoms with Gasteiger partial charge in [-0.15, -0.1) is 0 Å². The SMILES string of the molecule is CC(C)C1=CC(=O)OC(=O)C1. The Morgan fingerprint density at radius 1 is 1.45 bits per heavy atom. The van der Waals surface area contributed by atoms with Crippen LogP contribution in [0.25, 0.3) is 0 Å². The highest BCUT2D eigenvalue weighted by Crippen LogP contribution is 2.18. The van der Waals surface area contributed by atoms with Gasteiger partial charge in [-0.3, -0.25) is 4.79 Å². The van der Waals surface area contributed by atoms with Crippen LogP contribution in [-0.2, 0) is 14.3 Å². The molecule has 0 fully saturated rings. The van der Waals surface area contributed by atoms with E-state index in [9.17, 15) is 9.59 Å². The van der Waals surface area contributed by atoms with Crippen LogP contribution < -0.4 is 0 Å². The van der Waals surface area contributed by atoms with Crippen molar-refractivity contribution >= 4 is 11.9 Å². The lowest BCUT2D eigenvalue weighted by Gasteiger charge is -2.13. The molecule has 0 unspecified atom stereocenters. The van der Waals surface area contributed by atoms with Crippen molar-refractivity contribution in [3.63, 3.8) is 0 Å². The fourth-order valence-corrected chi connectivity index (χ4v) is 0.918. The average Bonchev–Trinajstić information content (AvgIpc) is 1.85. The van der Waals surface area contributed by atoms with E-state index >= 15 is 0 Å². The number of carbonyl (C=O) groups is 2. The average molecular weight is 154 g/mol. The fraction of sp³-hybridized carbons (Fsp3) is 0.500. The van der Waals surface area contributed by atoms with E-state index in [4.69, 9.17) is 0 Å². The van der Waals surface area contributed by atoms with Crippen molar-refractivity contribution in [2.75, 3.05) is 0 Å². The maximum atomic E-state index is 10.7. The van der Waals surface area contributed by atoms with Crippen molar-refractivity contribution in [2.24, 2.45) is 5.92 Å². The first-order chi connectivity index (χ1) is 5.09. The molecule has 11 heavy (non-hydrogen) atoms. The number of ether oxygens (including phenoxy) is 1. The van der Waals surface area contributed by atoms with Gasteiger partial charge in [-0.2, -0.15) is 0 Å². The van der Waals surface area contributed by atoms with Gasteiger partial charge in [0, 0.05) is 6.08 Å². The largest absolute Gasteiger partial charge is 0.390 e. The molecule has 0 N–H and O–H groups in total. The summed E-state index contributed by atoms with van der Waals surface area (Å²) in [6.07, 6.45) is 1.65. The monoisotopic (exact) mass is 154 g/mol. The van der Waals surface area contributed by atoms with E-state index < -0.39 is 11.9 Å². The molecule has 0 aromatic carbocycles. The van der Waals surface area contributed by atoms with Gasteiger partial charge in [0.15, 0.2) is 0 Å². The number of carbonyl (C=O) groups excluding carboxylic acids is 2. The summed E-state index contributed by atoms with van der Waals surface area (Å²) in [7, 11) is 0. The summed E-state index contributed by atoms with van der Waals surface area (Å²) < 4.78 is 4.31. The Kier molecular flexibility index (Phi) is 2.08. The first-order valence-corrected chi connectivity index (χ1v) is 3.54. The van der Waals surface area contributed by atoms with Gasteiger partial charge >= 0.3 is 11.9 Å². The molecular weight excluding hydrogens is 144 g/mol. The highest BCUT2D eigenvalue weighted by atomic mass is 16.6. The first kappa shape index (κ1) is 7.98. The second-order valence-corrected chi connectivity index (χ2v) is 2.84. The minimum absolute atomic E-state index is 0.242. The molecule has 3 heteroatoms. The van der Waals surface area contributed by atoms with Gasteiger partial charge < -0.3 is 4.74 Å². The minimum Gasteiger partial charge on any atom is -0.390 e. The van der Waals surface area contributed by atoms with Crippen LogP contribution in [0.1, 0.15) is 20.3 Å². The summed E-state index contributed by atoms with van der Waals surface area (Å²) in [5.41, 5.74) is 0.853. The van der Waals surface area contributed by atoms with E-state index in [-0.39, 0.29) is 12.3 Å². The lowest BCUT2D eigenvalue weighted by Crippen LogP contribution is -2.18. The molecule has 3 nitrogen and oxygen atoms in total. The zero-order valence-corrected chi connectivity index (χ0v) is 6.59. The van der Waals surface area contributed by atoms with Crippen LogP contribution in [0.3, 0.4) is 0 Å². The Morgan fingerprint density at radius 3 is 2.55 bits per heavy atom. The van der Waals surface area contributed by atoms with Gasteiger partial charge in [0.25, 0.3) is 0 Å². The lowest BCUT2D eigenvalue weighted by molar-refractivity contribution is -0.156. The third-order valence-electron chi connectivity index (χ3n) is 1.61. The standard InChI is InChI=1S/C8H10O3/c1-5(2)6-3-7(9)11-8(10)4-6/h3,5H,4H2,1-2H3. The van der Waals surface area contributed by atoms with Crippen molar-refractivity contribution in [1.29, 1.82) is 0 Å². The third-order valence-corrected chi connectivity index (χ3v) is 1.61. The van der Waals surface area contributed by atoms with Crippen LogP contribution in [-0.4, -0.2) is 11.9 Å². The topological polar surface area (TPSA) is 43.4 Å². The van der Waals surface area contributed by atoms with E-state index in [2.05, 4.69) is 4.74 Å². The number of cyclic esters (lactones) is 2. The van der Waals surface area contributed by atoms with E-state index in [1.807, 2.05) is 13.8 Å². The summed E-state index contributed by atoms with van der Waals surface area (Å²) in [6, 6.07) is 0. The van der Waals surface area contributed by atoms with Gasteiger partial charge in [-0.1, -0.05) is 13.8 Å². The molecule has 1 rings (SSSR count). The van der Waals surface area contributed by atoms with E-state index in [1.54, 1.807) is 0 Å². The molecule has 0 spiro atoms. The smallest absolute Gasteiger partial charge is 0.338 e. The molecule has 0 radical (unpaired) electrons. The molecular formula is C8H10O3. The molecule has 0 aromatic rings. The zero-order chi connectivity index (χ0) is 8.43. The van der Waals surface area contributed by atoms with Crippen LogP contribution in [0.15, 0.2) is 11.6 Å². The highest BCUT2D eigenvalue weighted by Gasteiger charge is 2.19. The summed E-state index contributed by atoms with van der Waals surface area (Å²) in [4.78, 5) is 21.4. The van der Waals surface area contributed by atoms with Gasteiger partial charge in [0.2, 0.25) is 0 Å². The summed E-state index contributed by atoms with van der Waals surface area (Å²) in [5.74, 6) is -0.738. The normalized spacial score (nSPS) is 18.3. The van der Waals surface area contributed by atoms with Gasteiger partial charge in [-0.25, -0.2) is 4.79 Å². The summed E-state index contributed by atoms with van der Waals surface area (Å²) in [5, 5.41) is 0. The van der Waals surface area contributed by atoms with Gasteiger partial charge in [0.1, 0.15) is 0 Å². The highest BCUT2D eigenvalue weighted by molar-refractivity contribution is 5.96. The lowest BCUT2D eigenvalue weighted by atomic mass is 9.99. The molecule has 1 aliphatic rings. The van der Waals surface area contributed by atoms with Crippen LogP contribution in [0.4, 0.5) is 0 Å². The number of hydrogen-bond acceptors (Lipinski definition) is 3. The van der Waals surface area contributed by atoms with Gasteiger partial charge in [-0.05, 0) is 11.5 Å². The third kappa shape index (κ3) is 1.90. The molecule has 0 saturated heterocycles. The number of rotatable bonds is 1. The molecule has 1 heterocycles. The Balaban J connectivity index is 2.80. The van der Waals surface area contributed by atoms with Crippen LogP contribution in [0.5, 0.6) is 0 Å². The maximum absolute atomic E-state index is 10.7. The molecule has 0 amide bonds. The Bertz CT molecular complexity index is 225. The predicted molar refractivity (Wildman–Crippen MR) is 38.6 cm³/mol. The molecule has 0 saturated carbocycles. The van der Waals surface area contributed by atoms with Crippen molar-refractivity contribution in [3.05, 3.63) is 11.6 Å². The quantitative estimate of drug-likeness (QED) is 0.418. The van der Waals surface area contributed by atoms with Crippen molar-refractivity contribution in [2.45, 2.75) is 20.3 Å². The molecule has 0 atom stereocenters. The zero-order valence-electron chi connectivity index (χ0n) is 6.59. The van der Waals surface area contributed by atoms with Crippen LogP contribution in [0.2, 0.25) is 0 Å². The number of hydrogen-bond donors (Lipinski definition) is 0. The summed E-state index contributed by atoms with van der Waals surface area (Å²) >= 11 is 0. The van der Waals surface area contributed by atoms with E-state index in [0.29, 0.717) is 0 Å². The molecule has 0 aromatic heterocycles. The Hall–Kier alpha value is -1.12. The van der Waals surface area contributed by atoms with Crippen molar-refractivity contribution in [1.82, 2.24) is 0 Å². The van der Waals surface area contributed by atoms with E-state index in [1.165, 1.54) is 6.08 Å². The second kappa shape index (κ2) is 2.86. The van der Waals surface area contributed by atoms with Crippen molar-refractivity contribution < 1.29 is 14.3 Å². The van der Waals surface area contributed by atoms with Gasteiger partial charge in [0.05, 0.1) is 6.42 Å². The fourth-order valence-electron chi connectivity index (χ4n) is 0.918. The second-order valence-electron chi connectivity index (χ2n) is 2.84. The molecule has 1 aliphatic heterocycles. The first-order valence-electron chi connectivity index (χ1n) is 3.54. The van der Waals surface area contributed by atoms with Crippen LogP contribution in [0, 0.1) is 5.92 Å². The molecule has 60 valence electrons. The Morgan fingerprint density at radius 2 is 2.09 bits per heavy atom. The molecule has 0 aliphatic carbocycles. The Labute approximate surface area is 65.0 Å². The minimum atomic E-state index is -0.537.